The Morgan fingerprint density at radius 3 is 2.46 bits per heavy atom. The third kappa shape index (κ3) is 3.83. The van der Waals surface area contributed by atoms with Crippen LogP contribution in [0.15, 0.2) is 60.7 Å². The van der Waals surface area contributed by atoms with Crippen LogP contribution in [-0.4, -0.2) is 23.4 Å². The standard InChI is InChI=1S/C21H19NO4/c1-2-18(23)15-7-10-16(11-8-15)26-13-20(25)22-21-17-6-4-3-5-14(17)9-12-19(21)24/h3-12,24H,2,13H2,1H3,(H,22,25). The van der Waals surface area contributed by atoms with Crippen molar-refractivity contribution in [2.75, 3.05) is 11.9 Å². The highest BCUT2D eigenvalue weighted by Gasteiger charge is 2.11. The van der Waals surface area contributed by atoms with Crippen molar-refractivity contribution in [3.8, 4) is 11.5 Å². The molecule has 3 aromatic rings. The second kappa shape index (κ2) is 7.70. The number of nitrogens with one attached hydrogen (secondary N) is 1. The second-order valence-corrected chi connectivity index (χ2v) is 5.82. The van der Waals surface area contributed by atoms with Gasteiger partial charge >= 0.3 is 0 Å². The number of phenols is 1. The summed E-state index contributed by atoms with van der Waals surface area (Å²) in [7, 11) is 0. The van der Waals surface area contributed by atoms with E-state index in [4.69, 9.17) is 4.74 Å². The fourth-order valence-corrected chi connectivity index (χ4v) is 2.66. The average Bonchev–Trinajstić information content (AvgIpc) is 2.68. The number of carbonyl (C=O) groups is 2. The van der Waals surface area contributed by atoms with Crippen LogP contribution >= 0.6 is 0 Å². The molecular weight excluding hydrogens is 330 g/mol. The van der Waals surface area contributed by atoms with Crippen molar-refractivity contribution in [2.24, 2.45) is 0 Å². The Labute approximate surface area is 151 Å². The summed E-state index contributed by atoms with van der Waals surface area (Å²) in [6, 6.07) is 17.5. The Morgan fingerprint density at radius 1 is 1.00 bits per heavy atom. The van der Waals surface area contributed by atoms with Gasteiger partial charge in [0, 0.05) is 17.4 Å². The molecule has 0 atom stereocenters. The SMILES string of the molecule is CCC(=O)c1ccc(OCC(=O)Nc2c(O)ccc3ccccc23)cc1. The van der Waals surface area contributed by atoms with Gasteiger partial charge in [-0.1, -0.05) is 37.3 Å². The average molecular weight is 349 g/mol. The van der Waals surface area contributed by atoms with Crippen molar-refractivity contribution in [2.45, 2.75) is 13.3 Å². The smallest absolute Gasteiger partial charge is 0.262 e. The molecule has 132 valence electrons. The van der Waals surface area contributed by atoms with E-state index < -0.39 is 0 Å². The monoisotopic (exact) mass is 349 g/mol. The third-order valence-corrected chi connectivity index (χ3v) is 4.04. The van der Waals surface area contributed by atoms with Gasteiger partial charge in [0.1, 0.15) is 11.5 Å². The molecule has 26 heavy (non-hydrogen) atoms. The van der Waals surface area contributed by atoms with Crippen LogP contribution in [0.25, 0.3) is 10.8 Å². The number of phenolic OH excluding ortho intramolecular Hbond substituents is 1. The quantitative estimate of drug-likeness (QED) is 0.518. The van der Waals surface area contributed by atoms with Crippen LogP contribution in [0.3, 0.4) is 0 Å². The van der Waals surface area contributed by atoms with Crippen molar-refractivity contribution in [1.29, 1.82) is 0 Å². The summed E-state index contributed by atoms with van der Waals surface area (Å²) >= 11 is 0. The molecule has 0 radical (unpaired) electrons. The lowest BCUT2D eigenvalue weighted by Gasteiger charge is -2.11. The van der Waals surface area contributed by atoms with E-state index in [0.717, 1.165) is 10.8 Å². The Bertz CT molecular complexity index is 948. The van der Waals surface area contributed by atoms with Crippen LogP contribution in [0.1, 0.15) is 23.7 Å². The zero-order valence-electron chi connectivity index (χ0n) is 14.4. The first-order chi connectivity index (χ1) is 12.6. The molecular formula is C21H19NO4. The zero-order valence-corrected chi connectivity index (χ0v) is 14.4. The maximum atomic E-state index is 12.2. The Kier molecular flexibility index (Phi) is 5.17. The summed E-state index contributed by atoms with van der Waals surface area (Å²) < 4.78 is 5.46. The molecule has 0 unspecified atom stereocenters. The van der Waals surface area contributed by atoms with Gasteiger partial charge in [0.25, 0.3) is 5.91 Å². The molecule has 1 amide bonds. The molecule has 0 saturated carbocycles. The molecule has 0 bridgehead atoms. The van der Waals surface area contributed by atoms with Crippen molar-refractivity contribution < 1.29 is 19.4 Å². The van der Waals surface area contributed by atoms with Gasteiger partial charge in [0.05, 0.1) is 5.69 Å². The van der Waals surface area contributed by atoms with Gasteiger partial charge in [-0.05, 0) is 35.7 Å². The number of carbonyl (C=O) groups excluding carboxylic acids is 2. The van der Waals surface area contributed by atoms with E-state index >= 15 is 0 Å². The van der Waals surface area contributed by atoms with E-state index in [1.165, 1.54) is 0 Å². The summed E-state index contributed by atoms with van der Waals surface area (Å²) in [6.45, 7) is 1.60. The molecule has 0 aliphatic carbocycles. The number of fused-ring (bicyclic) bond motifs is 1. The second-order valence-electron chi connectivity index (χ2n) is 5.82. The summed E-state index contributed by atoms with van der Waals surface area (Å²) in [6.07, 6.45) is 0.442. The van der Waals surface area contributed by atoms with Crippen LogP contribution in [0.2, 0.25) is 0 Å². The number of aromatic hydroxyl groups is 1. The van der Waals surface area contributed by atoms with E-state index in [-0.39, 0.29) is 24.0 Å². The van der Waals surface area contributed by atoms with Crippen LogP contribution in [-0.2, 0) is 4.79 Å². The van der Waals surface area contributed by atoms with Crippen LogP contribution < -0.4 is 10.1 Å². The summed E-state index contributed by atoms with van der Waals surface area (Å²) in [5, 5.41) is 14.4. The molecule has 0 aliphatic rings. The highest BCUT2D eigenvalue weighted by atomic mass is 16.5. The van der Waals surface area contributed by atoms with Gasteiger partial charge in [-0.15, -0.1) is 0 Å². The van der Waals surface area contributed by atoms with Crippen molar-refractivity contribution in [1.82, 2.24) is 0 Å². The molecule has 5 nitrogen and oxygen atoms in total. The highest BCUT2D eigenvalue weighted by molar-refractivity contribution is 6.05. The fourth-order valence-electron chi connectivity index (χ4n) is 2.66. The summed E-state index contributed by atoms with van der Waals surface area (Å²) in [5.41, 5.74) is 0.977. The largest absolute Gasteiger partial charge is 0.506 e. The third-order valence-electron chi connectivity index (χ3n) is 4.04. The first-order valence-corrected chi connectivity index (χ1v) is 8.35. The molecule has 0 saturated heterocycles. The fraction of sp³-hybridized carbons (Fsp3) is 0.143. The predicted octanol–water partition coefficient (Wildman–Crippen LogP) is 4.16. The number of hydrogen-bond acceptors (Lipinski definition) is 4. The van der Waals surface area contributed by atoms with Gasteiger partial charge in [-0.25, -0.2) is 0 Å². The lowest BCUT2D eigenvalue weighted by atomic mass is 10.1. The number of ketones is 1. The summed E-state index contributed by atoms with van der Waals surface area (Å²) in [4.78, 5) is 23.8. The van der Waals surface area contributed by atoms with Crippen LogP contribution in [0.4, 0.5) is 5.69 Å². The van der Waals surface area contributed by atoms with Crippen LogP contribution in [0.5, 0.6) is 11.5 Å². The molecule has 3 aromatic carbocycles. The van der Waals surface area contributed by atoms with Gasteiger partial charge in [-0.2, -0.15) is 0 Å². The van der Waals surface area contributed by atoms with E-state index in [2.05, 4.69) is 5.32 Å². The van der Waals surface area contributed by atoms with Crippen molar-refractivity contribution >= 4 is 28.2 Å². The molecule has 2 N–H and O–H groups in total. The molecule has 0 aromatic heterocycles. The molecule has 0 aliphatic heterocycles. The molecule has 3 rings (SSSR count). The maximum Gasteiger partial charge on any atom is 0.262 e. The van der Waals surface area contributed by atoms with Crippen LogP contribution in [0, 0.1) is 0 Å². The number of hydrogen-bond donors (Lipinski definition) is 2. The number of Topliss-reactive ketones (excluding diaryl/α,β-unsaturated/α-hetero) is 1. The van der Waals surface area contributed by atoms with E-state index in [1.807, 2.05) is 24.3 Å². The zero-order chi connectivity index (χ0) is 18.5. The first kappa shape index (κ1) is 17.5. The Hall–Kier alpha value is -3.34. The van der Waals surface area contributed by atoms with Gasteiger partial charge < -0.3 is 15.2 Å². The Morgan fingerprint density at radius 2 is 1.73 bits per heavy atom. The summed E-state index contributed by atoms with van der Waals surface area (Å²) in [5.74, 6) is 0.167. The van der Waals surface area contributed by atoms with Crippen molar-refractivity contribution in [3.63, 3.8) is 0 Å². The highest BCUT2D eigenvalue weighted by Crippen LogP contribution is 2.32. The molecule has 5 heteroatoms. The van der Waals surface area contributed by atoms with E-state index in [9.17, 15) is 14.7 Å². The minimum absolute atomic E-state index is 0.000481. The normalized spacial score (nSPS) is 10.5. The van der Waals surface area contributed by atoms with Gasteiger partial charge in [-0.3, -0.25) is 9.59 Å². The predicted molar refractivity (Wildman–Crippen MR) is 101 cm³/mol. The minimum Gasteiger partial charge on any atom is -0.506 e. The van der Waals surface area contributed by atoms with Gasteiger partial charge in [0.2, 0.25) is 0 Å². The maximum absolute atomic E-state index is 12.2. The number of anilines is 1. The Balaban J connectivity index is 1.66. The topological polar surface area (TPSA) is 75.6 Å². The molecule has 0 spiro atoms. The number of benzene rings is 3. The lowest BCUT2D eigenvalue weighted by molar-refractivity contribution is -0.118. The van der Waals surface area contributed by atoms with Crippen molar-refractivity contribution in [3.05, 3.63) is 66.2 Å². The van der Waals surface area contributed by atoms with Gasteiger partial charge in [0.15, 0.2) is 12.4 Å². The number of rotatable bonds is 6. The lowest BCUT2D eigenvalue weighted by Crippen LogP contribution is -2.20. The van der Waals surface area contributed by atoms with E-state index in [1.54, 1.807) is 43.3 Å². The molecule has 0 heterocycles. The minimum atomic E-state index is -0.384. The van der Waals surface area contributed by atoms with E-state index in [0.29, 0.717) is 23.4 Å². The number of amides is 1. The first-order valence-electron chi connectivity index (χ1n) is 8.35. The molecule has 0 fully saturated rings. The number of ether oxygens (including phenoxy) is 1.